The second-order valence-corrected chi connectivity index (χ2v) is 5.55. The molecule has 1 saturated carbocycles. The Labute approximate surface area is 108 Å². The summed E-state index contributed by atoms with van der Waals surface area (Å²) in [5.74, 6) is 0.985. The summed E-state index contributed by atoms with van der Waals surface area (Å²) in [4.78, 5) is 8.85. The summed E-state index contributed by atoms with van der Waals surface area (Å²) < 4.78 is 2.31. The van der Waals surface area contributed by atoms with E-state index in [2.05, 4.69) is 9.55 Å². The lowest BCUT2D eigenvalue weighted by Crippen LogP contribution is -1.98. The second-order valence-electron chi connectivity index (χ2n) is 4.60. The average molecular weight is 256 g/mol. The number of nitrogen functional groups attached to an aromatic ring is 1. The molecule has 90 valence electrons. The number of thiophene rings is 1. The summed E-state index contributed by atoms with van der Waals surface area (Å²) in [7, 11) is 0. The molecule has 0 bridgehead atoms. The third-order valence-corrected chi connectivity index (χ3v) is 4.09. The molecule has 0 aliphatic heterocycles. The fourth-order valence-electron chi connectivity index (χ4n) is 2.35. The van der Waals surface area contributed by atoms with Crippen LogP contribution in [0.1, 0.15) is 18.9 Å². The Hall–Kier alpha value is -1.88. The van der Waals surface area contributed by atoms with Gasteiger partial charge in [0.1, 0.15) is 11.3 Å². The molecule has 4 rings (SSSR count). The number of rotatable bonds is 2. The van der Waals surface area contributed by atoms with Gasteiger partial charge in [0.2, 0.25) is 0 Å². The van der Waals surface area contributed by atoms with Gasteiger partial charge >= 0.3 is 0 Å². The zero-order valence-corrected chi connectivity index (χ0v) is 10.5. The maximum absolute atomic E-state index is 6.03. The number of aromatic nitrogens is 3. The van der Waals surface area contributed by atoms with Gasteiger partial charge < -0.3 is 10.3 Å². The van der Waals surface area contributed by atoms with Crippen molar-refractivity contribution in [3.8, 4) is 11.4 Å². The fraction of sp³-hybridized carbons (Fsp3) is 0.231. The monoisotopic (exact) mass is 256 g/mol. The van der Waals surface area contributed by atoms with E-state index in [-0.39, 0.29) is 0 Å². The van der Waals surface area contributed by atoms with Crippen LogP contribution >= 0.6 is 11.3 Å². The molecule has 0 amide bonds. The van der Waals surface area contributed by atoms with Crippen LogP contribution in [-0.4, -0.2) is 14.5 Å². The molecule has 1 aliphatic carbocycles. The summed E-state index contributed by atoms with van der Waals surface area (Å²) in [6, 6.07) is 4.66. The highest BCUT2D eigenvalue weighted by Crippen LogP contribution is 2.42. The van der Waals surface area contributed by atoms with E-state index in [4.69, 9.17) is 10.7 Å². The maximum Gasteiger partial charge on any atom is 0.144 e. The molecule has 0 unspecified atom stereocenters. The first-order valence-electron chi connectivity index (χ1n) is 6.00. The molecular formula is C13H12N4S. The number of hydrogen-bond acceptors (Lipinski definition) is 4. The molecule has 0 saturated heterocycles. The minimum atomic E-state index is 0.576. The highest BCUT2D eigenvalue weighted by Gasteiger charge is 2.29. The van der Waals surface area contributed by atoms with Gasteiger partial charge in [-0.1, -0.05) is 0 Å². The number of anilines is 1. The van der Waals surface area contributed by atoms with Crippen molar-refractivity contribution in [1.82, 2.24) is 14.5 Å². The van der Waals surface area contributed by atoms with Crippen LogP contribution in [0.2, 0.25) is 0 Å². The molecule has 0 atom stereocenters. The summed E-state index contributed by atoms with van der Waals surface area (Å²) >= 11 is 1.56. The van der Waals surface area contributed by atoms with Crippen molar-refractivity contribution in [1.29, 1.82) is 0 Å². The van der Waals surface area contributed by atoms with Crippen LogP contribution in [0.3, 0.4) is 0 Å². The highest BCUT2D eigenvalue weighted by molar-refractivity contribution is 7.14. The van der Waals surface area contributed by atoms with Crippen LogP contribution in [0.4, 0.5) is 5.00 Å². The van der Waals surface area contributed by atoms with Crippen LogP contribution in [0.5, 0.6) is 0 Å². The van der Waals surface area contributed by atoms with Gasteiger partial charge in [0.05, 0.1) is 22.3 Å². The average Bonchev–Trinajstić information content (AvgIpc) is 3.01. The SMILES string of the molecule is Nc1sccc1-c1nc2cnccc2n1C1CC1. The first kappa shape index (κ1) is 10.1. The van der Waals surface area contributed by atoms with Crippen LogP contribution in [0.25, 0.3) is 22.4 Å². The predicted molar refractivity (Wildman–Crippen MR) is 73.5 cm³/mol. The number of nitrogens with zero attached hydrogens (tertiary/aromatic N) is 3. The molecule has 1 fully saturated rings. The molecule has 3 aromatic rings. The largest absolute Gasteiger partial charge is 0.390 e. The van der Waals surface area contributed by atoms with E-state index < -0.39 is 0 Å². The molecular weight excluding hydrogens is 244 g/mol. The van der Waals surface area contributed by atoms with Gasteiger partial charge in [-0.05, 0) is 30.4 Å². The van der Waals surface area contributed by atoms with Crippen molar-refractivity contribution < 1.29 is 0 Å². The summed E-state index contributed by atoms with van der Waals surface area (Å²) in [5.41, 5.74) is 9.19. The Balaban J connectivity index is 2.05. The van der Waals surface area contributed by atoms with E-state index in [0.717, 1.165) is 27.4 Å². The smallest absolute Gasteiger partial charge is 0.144 e. The van der Waals surface area contributed by atoms with E-state index >= 15 is 0 Å². The zero-order valence-electron chi connectivity index (χ0n) is 9.71. The third-order valence-electron chi connectivity index (χ3n) is 3.34. The van der Waals surface area contributed by atoms with E-state index in [1.807, 2.05) is 29.9 Å². The van der Waals surface area contributed by atoms with Gasteiger partial charge in [-0.15, -0.1) is 11.3 Å². The predicted octanol–water partition coefficient (Wildman–Crippen LogP) is 3.08. The van der Waals surface area contributed by atoms with Crippen molar-refractivity contribution in [3.63, 3.8) is 0 Å². The molecule has 1 aliphatic rings. The lowest BCUT2D eigenvalue weighted by atomic mass is 10.3. The zero-order chi connectivity index (χ0) is 12.1. The minimum absolute atomic E-state index is 0.576. The standard InChI is InChI=1S/C13H12N4S/c14-12-9(4-6-18-12)13-16-10-7-15-5-3-11(10)17(13)8-1-2-8/h3-8H,1-2,14H2. The molecule has 3 heterocycles. The number of nitrogens with two attached hydrogens (primary N) is 1. The Bertz CT molecular complexity index is 724. The van der Waals surface area contributed by atoms with E-state index in [0.29, 0.717) is 6.04 Å². The van der Waals surface area contributed by atoms with Gasteiger partial charge in [0.15, 0.2) is 0 Å². The van der Waals surface area contributed by atoms with Crippen LogP contribution in [-0.2, 0) is 0 Å². The van der Waals surface area contributed by atoms with Crippen molar-refractivity contribution >= 4 is 27.4 Å². The van der Waals surface area contributed by atoms with Gasteiger partial charge in [0, 0.05) is 12.2 Å². The number of pyridine rings is 1. The normalized spacial score (nSPS) is 15.3. The lowest BCUT2D eigenvalue weighted by molar-refractivity contribution is 0.775. The summed E-state index contributed by atoms with van der Waals surface area (Å²) in [5, 5.41) is 2.85. The summed E-state index contributed by atoms with van der Waals surface area (Å²) in [6.07, 6.45) is 6.10. The van der Waals surface area contributed by atoms with E-state index in [1.165, 1.54) is 12.8 Å². The molecule has 18 heavy (non-hydrogen) atoms. The van der Waals surface area contributed by atoms with Gasteiger partial charge in [-0.3, -0.25) is 4.98 Å². The molecule has 5 heteroatoms. The van der Waals surface area contributed by atoms with E-state index in [9.17, 15) is 0 Å². The van der Waals surface area contributed by atoms with Crippen molar-refractivity contribution in [3.05, 3.63) is 29.9 Å². The van der Waals surface area contributed by atoms with Crippen molar-refractivity contribution in [2.45, 2.75) is 18.9 Å². The van der Waals surface area contributed by atoms with E-state index in [1.54, 1.807) is 11.3 Å². The minimum Gasteiger partial charge on any atom is -0.390 e. The first-order chi connectivity index (χ1) is 8.84. The molecule has 0 spiro atoms. The molecule has 4 nitrogen and oxygen atoms in total. The quantitative estimate of drug-likeness (QED) is 0.766. The lowest BCUT2D eigenvalue weighted by Gasteiger charge is -2.06. The molecule has 0 radical (unpaired) electrons. The van der Waals surface area contributed by atoms with Gasteiger partial charge in [0.25, 0.3) is 0 Å². The van der Waals surface area contributed by atoms with Gasteiger partial charge in [-0.25, -0.2) is 4.98 Å². The van der Waals surface area contributed by atoms with Crippen molar-refractivity contribution in [2.75, 3.05) is 5.73 Å². The molecule has 2 N–H and O–H groups in total. The number of hydrogen-bond donors (Lipinski definition) is 1. The van der Waals surface area contributed by atoms with Gasteiger partial charge in [-0.2, -0.15) is 0 Å². The molecule has 0 aromatic carbocycles. The maximum atomic E-state index is 6.03. The summed E-state index contributed by atoms with van der Waals surface area (Å²) in [6.45, 7) is 0. The topological polar surface area (TPSA) is 56.7 Å². The Morgan fingerprint density at radius 3 is 2.94 bits per heavy atom. The Morgan fingerprint density at radius 2 is 2.22 bits per heavy atom. The number of fused-ring (bicyclic) bond motifs is 1. The Kier molecular flexibility index (Phi) is 1.99. The van der Waals surface area contributed by atoms with Crippen LogP contribution < -0.4 is 5.73 Å². The second kappa shape index (κ2) is 3.55. The van der Waals surface area contributed by atoms with Crippen molar-refractivity contribution in [2.24, 2.45) is 0 Å². The van der Waals surface area contributed by atoms with Crippen LogP contribution in [0.15, 0.2) is 29.9 Å². The molecule has 3 aromatic heterocycles. The highest BCUT2D eigenvalue weighted by atomic mass is 32.1. The number of imidazole rings is 1. The fourth-order valence-corrected chi connectivity index (χ4v) is 2.99. The first-order valence-corrected chi connectivity index (χ1v) is 6.88. The third kappa shape index (κ3) is 1.37. The Morgan fingerprint density at radius 1 is 1.33 bits per heavy atom. The van der Waals surface area contributed by atoms with Crippen LogP contribution in [0, 0.1) is 0 Å².